The van der Waals surface area contributed by atoms with Crippen LogP contribution in [0.5, 0.6) is 5.75 Å². The van der Waals surface area contributed by atoms with Crippen LogP contribution in [0.4, 0.5) is 4.39 Å². The summed E-state index contributed by atoms with van der Waals surface area (Å²) >= 11 is 3.18. The van der Waals surface area contributed by atoms with Gasteiger partial charge >= 0.3 is 0 Å². The second-order valence-electron chi connectivity index (χ2n) is 4.01. The molecule has 0 aromatic heterocycles. The van der Waals surface area contributed by atoms with Gasteiger partial charge < -0.3 is 5.11 Å². The van der Waals surface area contributed by atoms with Gasteiger partial charge in [-0.25, -0.2) is 4.39 Å². The Morgan fingerprint density at radius 2 is 1.85 bits per heavy atom. The number of hydrogen-bond donors (Lipinski definition) is 1. The van der Waals surface area contributed by atoms with E-state index in [9.17, 15) is 9.50 Å². The highest BCUT2D eigenvalue weighted by Gasteiger charge is 2.23. The summed E-state index contributed by atoms with van der Waals surface area (Å²) in [4.78, 5) is 0. The summed E-state index contributed by atoms with van der Waals surface area (Å²) in [6.45, 7) is 5.70. The molecule has 0 saturated heterocycles. The first-order valence-corrected chi connectivity index (χ1v) is 4.81. The fourth-order valence-electron chi connectivity index (χ4n) is 1.23. The van der Waals surface area contributed by atoms with Crippen molar-refractivity contribution in [2.45, 2.75) is 26.2 Å². The van der Waals surface area contributed by atoms with Crippen LogP contribution in [0.15, 0.2) is 16.6 Å². The second kappa shape index (κ2) is 3.29. The molecule has 0 aliphatic heterocycles. The van der Waals surface area contributed by atoms with Gasteiger partial charge in [0.15, 0.2) is 0 Å². The van der Waals surface area contributed by atoms with E-state index in [2.05, 4.69) is 15.9 Å². The predicted octanol–water partition coefficient (Wildman–Crippen LogP) is 3.59. The Labute approximate surface area is 85.7 Å². The van der Waals surface area contributed by atoms with Crippen molar-refractivity contribution in [3.8, 4) is 5.75 Å². The Kier molecular flexibility index (Phi) is 2.66. The smallest absolute Gasteiger partial charge is 0.130 e. The summed E-state index contributed by atoms with van der Waals surface area (Å²) in [5.74, 6) is -0.219. The van der Waals surface area contributed by atoms with Crippen LogP contribution in [-0.2, 0) is 5.41 Å². The standard InChI is InChI=1S/C10H12BrFO/c1-10(2,3)8-6(12)4-5-7(13)9(8)11/h4-5,13H,1-3H3. The minimum atomic E-state index is -0.318. The fraction of sp³-hybridized carbons (Fsp3) is 0.400. The molecule has 1 N–H and O–H groups in total. The number of aromatic hydroxyl groups is 1. The van der Waals surface area contributed by atoms with Crippen molar-refractivity contribution in [2.24, 2.45) is 0 Å². The van der Waals surface area contributed by atoms with E-state index in [0.29, 0.717) is 10.0 Å². The van der Waals surface area contributed by atoms with E-state index in [1.54, 1.807) is 0 Å². The molecule has 0 heterocycles. The molecule has 0 unspecified atom stereocenters. The molecule has 1 aromatic rings. The molecule has 1 nitrogen and oxygen atoms in total. The number of benzene rings is 1. The number of halogens is 2. The Morgan fingerprint density at radius 3 is 2.23 bits per heavy atom. The topological polar surface area (TPSA) is 20.2 Å². The Hall–Kier alpha value is -0.570. The number of phenolic OH excluding ortho intramolecular Hbond substituents is 1. The summed E-state index contributed by atoms with van der Waals surface area (Å²) in [6.07, 6.45) is 0. The van der Waals surface area contributed by atoms with Gasteiger partial charge in [-0.15, -0.1) is 0 Å². The zero-order valence-corrected chi connectivity index (χ0v) is 9.44. The van der Waals surface area contributed by atoms with Crippen LogP contribution in [0, 0.1) is 5.82 Å². The molecule has 0 amide bonds. The molecule has 3 heteroatoms. The van der Waals surface area contributed by atoms with Crippen molar-refractivity contribution in [3.63, 3.8) is 0 Å². The monoisotopic (exact) mass is 246 g/mol. The van der Waals surface area contributed by atoms with E-state index in [1.165, 1.54) is 12.1 Å². The van der Waals surface area contributed by atoms with Crippen LogP contribution < -0.4 is 0 Å². The largest absolute Gasteiger partial charge is 0.507 e. The van der Waals surface area contributed by atoms with Gasteiger partial charge in [0.05, 0.1) is 4.47 Å². The van der Waals surface area contributed by atoms with Gasteiger partial charge in [0.25, 0.3) is 0 Å². The molecule has 0 spiro atoms. The highest BCUT2D eigenvalue weighted by atomic mass is 79.9. The number of hydrogen-bond acceptors (Lipinski definition) is 1. The molecule has 0 aliphatic carbocycles. The van der Waals surface area contributed by atoms with Crippen LogP contribution in [0.25, 0.3) is 0 Å². The minimum absolute atomic E-state index is 0.0753. The first-order valence-electron chi connectivity index (χ1n) is 4.01. The van der Waals surface area contributed by atoms with Gasteiger partial charge in [-0.3, -0.25) is 0 Å². The average molecular weight is 247 g/mol. The molecule has 72 valence electrons. The SMILES string of the molecule is CC(C)(C)c1c(F)ccc(O)c1Br. The maximum absolute atomic E-state index is 13.4. The number of rotatable bonds is 0. The maximum atomic E-state index is 13.4. The summed E-state index contributed by atoms with van der Waals surface area (Å²) in [7, 11) is 0. The van der Waals surface area contributed by atoms with Crippen molar-refractivity contribution < 1.29 is 9.50 Å². The van der Waals surface area contributed by atoms with Gasteiger partial charge in [0, 0.05) is 5.56 Å². The lowest BCUT2D eigenvalue weighted by molar-refractivity contribution is 0.457. The van der Waals surface area contributed by atoms with Crippen LogP contribution >= 0.6 is 15.9 Å². The Morgan fingerprint density at radius 1 is 1.31 bits per heavy atom. The van der Waals surface area contributed by atoms with Crippen LogP contribution in [-0.4, -0.2) is 5.11 Å². The average Bonchev–Trinajstić information content (AvgIpc) is 1.95. The van der Waals surface area contributed by atoms with Crippen molar-refractivity contribution in [2.75, 3.05) is 0 Å². The summed E-state index contributed by atoms with van der Waals surface area (Å²) in [5.41, 5.74) is 0.189. The molecule has 0 atom stereocenters. The van der Waals surface area contributed by atoms with Crippen molar-refractivity contribution in [1.29, 1.82) is 0 Å². The lowest BCUT2D eigenvalue weighted by Crippen LogP contribution is -2.14. The van der Waals surface area contributed by atoms with Crippen LogP contribution in [0.3, 0.4) is 0 Å². The van der Waals surface area contributed by atoms with E-state index in [4.69, 9.17) is 0 Å². The van der Waals surface area contributed by atoms with Gasteiger partial charge in [-0.1, -0.05) is 20.8 Å². The molecule has 0 fully saturated rings. The quantitative estimate of drug-likeness (QED) is 0.742. The zero-order chi connectivity index (χ0) is 10.2. The molecule has 0 bridgehead atoms. The lowest BCUT2D eigenvalue weighted by Gasteiger charge is -2.21. The lowest BCUT2D eigenvalue weighted by atomic mass is 9.86. The van der Waals surface area contributed by atoms with E-state index in [1.807, 2.05) is 20.8 Å². The van der Waals surface area contributed by atoms with E-state index in [-0.39, 0.29) is 17.0 Å². The molecule has 1 aromatic carbocycles. The molecule has 13 heavy (non-hydrogen) atoms. The first-order chi connectivity index (χ1) is 5.84. The summed E-state index contributed by atoms with van der Waals surface area (Å²) in [6, 6.07) is 2.62. The van der Waals surface area contributed by atoms with E-state index in [0.717, 1.165) is 0 Å². The van der Waals surface area contributed by atoms with Crippen molar-refractivity contribution in [3.05, 3.63) is 28.0 Å². The zero-order valence-electron chi connectivity index (χ0n) is 7.86. The second-order valence-corrected chi connectivity index (χ2v) is 4.80. The molecule has 1 rings (SSSR count). The third kappa shape index (κ3) is 2.02. The van der Waals surface area contributed by atoms with Gasteiger partial charge in [0.1, 0.15) is 11.6 Å². The normalized spacial score (nSPS) is 11.8. The van der Waals surface area contributed by atoms with Gasteiger partial charge in [-0.05, 0) is 33.5 Å². The molecular weight excluding hydrogens is 235 g/mol. The van der Waals surface area contributed by atoms with Gasteiger partial charge in [-0.2, -0.15) is 0 Å². The van der Waals surface area contributed by atoms with Crippen molar-refractivity contribution in [1.82, 2.24) is 0 Å². The highest BCUT2D eigenvalue weighted by molar-refractivity contribution is 9.10. The van der Waals surface area contributed by atoms with Crippen LogP contribution in [0.1, 0.15) is 26.3 Å². The van der Waals surface area contributed by atoms with E-state index >= 15 is 0 Å². The van der Waals surface area contributed by atoms with Crippen LogP contribution in [0.2, 0.25) is 0 Å². The Balaban J connectivity index is 3.43. The number of phenols is 1. The molecular formula is C10H12BrFO. The third-order valence-electron chi connectivity index (χ3n) is 1.82. The predicted molar refractivity (Wildman–Crippen MR) is 54.5 cm³/mol. The molecule has 0 radical (unpaired) electrons. The Bertz CT molecular complexity index is 328. The first kappa shape index (κ1) is 10.5. The maximum Gasteiger partial charge on any atom is 0.130 e. The van der Waals surface area contributed by atoms with Gasteiger partial charge in [0.2, 0.25) is 0 Å². The molecule has 0 saturated carbocycles. The minimum Gasteiger partial charge on any atom is -0.507 e. The summed E-state index contributed by atoms with van der Waals surface area (Å²) in [5, 5.41) is 9.37. The molecule has 0 aliphatic rings. The third-order valence-corrected chi connectivity index (χ3v) is 2.62. The fourth-order valence-corrected chi connectivity index (χ4v) is 2.15. The highest BCUT2D eigenvalue weighted by Crippen LogP contribution is 2.37. The summed E-state index contributed by atoms with van der Waals surface area (Å²) < 4.78 is 13.8. The van der Waals surface area contributed by atoms with E-state index < -0.39 is 0 Å². The van der Waals surface area contributed by atoms with Crippen molar-refractivity contribution >= 4 is 15.9 Å².